The van der Waals surface area contributed by atoms with Crippen LogP contribution in [0.2, 0.25) is 0 Å². The Hall–Kier alpha value is -1.88. The summed E-state index contributed by atoms with van der Waals surface area (Å²) < 4.78 is 20.1. The summed E-state index contributed by atoms with van der Waals surface area (Å²) in [7, 11) is 0. The molecule has 0 saturated heterocycles. The maximum absolute atomic E-state index is 13.6. The quantitative estimate of drug-likeness (QED) is 0.909. The third-order valence-corrected chi connectivity index (χ3v) is 3.31. The lowest BCUT2D eigenvalue weighted by atomic mass is 10.1. The van der Waals surface area contributed by atoms with Gasteiger partial charge in [-0.05, 0) is 48.9 Å². The summed E-state index contributed by atoms with van der Waals surface area (Å²) >= 11 is 3.35. The van der Waals surface area contributed by atoms with E-state index in [2.05, 4.69) is 15.9 Å². The van der Waals surface area contributed by atoms with Crippen molar-refractivity contribution < 1.29 is 19.0 Å². The van der Waals surface area contributed by atoms with Gasteiger partial charge >= 0.3 is 5.97 Å². The predicted molar refractivity (Wildman–Crippen MR) is 76.6 cm³/mol. The smallest absolute Gasteiger partial charge is 0.335 e. The normalized spacial score (nSPS) is 10.3. The van der Waals surface area contributed by atoms with E-state index in [1.165, 1.54) is 12.1 Å². The van der Waals surface area contributed by atoms with Crippen LogP contribution in [0.15, 0.2) is 40.9 Å². The number of carboxylic acids is 1. The first-order valence-electron chi connectivity index (χ1n) is 5.88. The average Bonchev–Trinajstić information content (AvgIpc) is 2.39. The monoisotopic (exact) mass is 338 g/mol. The summed E-state index contributed by atoms with van der Waals surface area (Å²) in [6.45, 7) is 1.86. The zero-order chi connectivity index (χ0) is 14.7. The van der Waals surface area contributed by atoms with E-state index in [-0.39, 0.29) is 17.7 Å². The number of aryl methyl sites for hydroxylation is 1. The van der Waals surface area contributed by atoms with Gasteiger partial charge in [-0.3, -0.25) is 0 Å². The molecule has 20 heavy (non-hydrogen) atoms. The summed E-state index contributed by atoms with van der Waals surface area (Å²) in [5.74, 6) is -0.941. The number of halogens is 2. The fourth-order valence-corrected chi connectivity index (χ4v) is 2.22. The molecule has 0 heterocycles. The summed E-state index contributed by atoms with van der Waals surface area (Å²) in [5.41, 5.74) is 1.17. The zero-order valence-corrected chi connectivity index (χ0v) is 12.3. The van der Waals surface area contributed by atoms with Gasteiger partial charge in [-0.15, -0.1) is 0 Å². The van der Waals surface area contributed by atoms with Gasteiger partial charge in [-0.2, -0.15) is 0 Å². The zero-order valence-electron chi connectivity index (χ0n) is 10.7. The van der Waals surface area contributed by atoms with Crippen LogP contribution >= 0.6 is 15.9 Å². The number of hydrogen-bond acceptors (Lipinski definition) is 2. The second-order valence-corrected chi connectivity index (χ2v) is 5.23. The predicted octanol–water partition coefficient (Wildman–Crippen LogP) is 4.17. The maximum atomic E-state index is 13.6. The number of hydrogen-bond donors (Lipinski definition) is 1. The van der Waals surface area contributed by atoms with Crippen LogP contribution < -0.4 is 4.74 Å². The molecule has 0 atom stereocenters. The van der Waals surface area contributed by atoms with E-state index in [4.69, 9.17) is 9.84 Å². The first-order valence-corrected chi connectivity index (χ1v) is 6.67. The molecule has 2 aromatic carbocycles. The lowest BCUT2D eigenvalue weighted by molar-refractivity contribution is 0.0696. The highest BCUT2D eigenvalue weighted by Crippen LogP contribution is 2.23. The van der Waals surface area contributed by atoms with Crippen LogP contribution in [0.1, 0.15) is 21.5 Å². The Morgan fingerprint density at radius 2 is 2.05 bits per heavy atom. The Labute approximate surface area is 124 Å². The number of carbonyl (C=O) groups is 1. The molecule has 2 aromatic rings. The van der Waals surface area contributed by atoms with E-state index >= 15 is 0 Å². The van der Waals surface area contributed by atoms with Gasteiger partial charge in [0, 0.05) is 10.0 Å². The minimum atomic E-state index is -1.09. The molecule has 104 valence electrons. The van der Waals surface area contributed by atoms with Gasteiger partial charge in [0.1, 0.15) is 18.2 Å². The van der Waals surface area contributed by atoms with E-state index in [0.717, 1.165) is 16.1 Å². The Morgan fingerprint density at radius 3 is 2.70 bits per heavy atom. The SMILES string of the molecule is Cc1cc(Br)ccc1OCc1cc(C(=O)O)ccc1F. The van der Waals surface area contributed by atoms with Crippen molar-refractivity contribution in [2.24, 2.45) is 0 Å². The largest absolute Gasteiger partial charge is 0.489 e. The van der Waals surface area contributed by atoms with Crippen molar-refractivity contribution in [2.45, 2.75) is 13.5 Å². The number of rotatable bonds is 4. The molecule has 0 bridgehead atoms. The molecule has 3 nitrogen and oxygen atoms in total. The lowest BCUT2D eigenvalue weighted by Gasteiger charge is -2.10. The van der Waals surface area contributed by atoms with E-state index in [1.54, 1.807) is 6.07 Å². The molecule has 0 radical (unpaired) electrons. The van der Waals surface area contributed by atoms with Crippen LogP contribution in [0, 0.1) is 12.7 Å². The Bertz CT molecular complexity index is 656. The molecule has 5 heteroatoms. The summed E-state index contributed by atoms with van der Waals surface area (Å²) in [4.78, 5) is 10.9. The summed E-state index contributed by atoms with van der Waals surface area (Å²) in [6.07, 6.45) is 0. The fourth-order valence-electron chi connectivity index (χ4n) is 1.75. The minimum Gasteiger partial charge on any atom is -0.489 e. The molecule has 0 aliphatic rings. The molecular formula is C15H12BrFO3. The fraction of sp³-hybridized carbons (Fsp3) is 0.133. The van der Waals surface area contributed by atoms with E-state index < -0.39 is 11.8 Å². The van der Waals surface area contributed by atoms with Crippen LogP contribution in [0.4, 0.5) is 4.39 Å². The van der Waals surface area contributed by atoms with Gasteiger partial charge in [0.2, 0.25) is 0 Å². The van der Waals surface area contributed by atoms with Crippen molar-refractivity contribution in [2.75, 3.05) is 0 Å². The Balaban J connectivity index is 2.18. The molecule has 0 saturated carbocycles. The van der Waals surface area contributed by atoms with Crippen LogP contribution in [0.3, 0.4) is 0 Å². The highest BCUT2D eigenvalue weighted by Gasteiger charge is 2.09. The Morgan fingerprint density at radius 1 is 1.30 bits per heavy atom. The number of aromatic carboxylic acids is 1. The van der Waals surface area contributed by atoms with E-state index in [9.17, 15) is 9.18 Å². The Kier molecular flexibility index (Phi) is 4.39. The van der Waals surface area contributed by atoms with Crippen LogP contribution in [0.25, 0.3) is 0 Å². The van der Waals surface area contributed by atoms with Crippen molar-refractivity contribution in [3.8, 4) is 5.75 Å². The van der Waals surface area contributed by atoms with Crippen LogP contribution in [-0.2, 0) is 6.61 Å². The molecule has 0 aromatic heterocycles. The highest BCUT2D eigenvalue weighted by atomic mass is 79.9. The molecule has 0 aliphatic heterocycles. The van der Waals surface area contributed by atoms with Gasteiger partial charge in [-0.1, -0.05) is 15.9 Å². The molecule has 1 N–H and O–H groups in total. The molecule has 0 unspecified atom stereocenters. The van der Waals surface area contributed by atoms with Crippen LogP contribution in [0.5, 0.6) is 5.75 Å². The van der Waals surface area contributed by atoms with Crippen molar-refractivity contribution in [1.82, 2.24) is 0 Å². The summed E-state index contributed by atoms with van der Waals surface area (Å²) in [6, 6.07) is 9.14. The van der Waals surface area contributed by atoms with Crippen molar-refractivity contribution in [3.63, 3.8) is 0 Å². The van der Waals surface area contributed by atoms with Crippen molar-refractivity contribution in [3.05, 3.63) is 63.4 Å². The number of benzene rings is 2. The number of carboxylic acid groups (broad SMARTS) is 1. The first kappa shape index (κ1) is 14.5. The van der Waals surface area contributed by atoms with Gasteiger partial charge < -0.3 is 9.84 Å². The molecule has 0 aliphatic carbocycles. The molecule has 0 spiro atoms. The molecule has 2 rings (SSSR count). The van der Waals surface area contributed by atoms with Gasteiger partial charge in [0.05, 0.1) is 5.56 Å². The van der Waals surface area contributed by atoms with E-state index in [0.29, 0.717) is 5.75 Å². The average molecular weight is 339 g/mol. The standard InChI is InChI=1S/C15H12BrFO3/c1-9-6-12(16)3-5-14(9)20-8-11-7-10(15(18)19)2-4-13(11)17/h2-7H,8H2,1H3,(H,18,19). The van der Waals surface area contributed by atoms with Crippen molar-refractivity contribution in [1.29, 1.82) is 0 Å². The van der Waals surface area contributed by atoms with Crippen LogP contribution in [-0.4, -0.2) is 11.1 Å². The number of ether oxygens (including phenoxy) is 1. The topological polar surface area (TPSA) is 46.5 Å². The van der Waals surface area contributed by atoms with Crippen molar-refractivity contribution >= 4 is 21.9 Å². The maximum Gasteiger partial charge on any atom is 0.335 e. The van der Waals surface area contributed by atoms with Gasteiger partial charge in [0.15, 0.2) is 0 Å². The molecular weight excluding hydrogens is 327 g/mol. The lowest BCUT2D eigenvalue weighted by Crippen LogP contribution is -2.03. The highest BCUT2D eigenvalue weighted by molar-refractivity contribution is 9.10. The third kappa shape index (κ3) is 3.36. The van der Waals surface area contributed by atoms with Gasteiger partial charge in [-0.25, -0.2) is 9.18 Å². The third-order valence-electron chi connectivity index (χ3n) is 2.81. The second-order valence-electron chi connectivity index (χ2n) is 4.31. The minimum absolute atomic E-state index is 0.0184. The molecule has 0 fully saturated rings. The first-order chi connectivity index (χ1) is 9.47. The van der Waals surface area contributed by atoms with E-state index in [1.807, 2.05) is 19.1 Å². The molecule has 0 amide bonds. The second kappa shape index (κ2) is 6.05. The summed E-state index contributed by atoms with van der Waals surface area (Å²) in [5, 5.41) is 8.89. The van der Waals surface area contributed by atoms with Gasteiger partial charge in [0.25, 0.3) is 0 Å².